The summed E-state index contributed by atoms with van der Waals surface area (Å²) in [6, 6.07) is 5.85. The lowest BCUT2D eigenvalue weighted by Crippen LogP contribution is -2.09. The van der Waals surface area contributed by atoms with E-state index in [1.807, 2.05) is 25.1 Å². The minimum Gasteiger partial charge on any atom is -0.492 e. The number of aromatic nitrogens is 1. The van der Waals surface area contributed by atoms with Crippen LogP contribution in [0.1, 0.15) is 11.9 Å². The summed E-state index contributed by atoms with van der Waals surface area (Å²) in [5.74, 6) is 0.800. The number of carbonyl (C=O) groups excluding carboxylic acids is 1. The number of thiazole rings is 1. The molecule has 0 atom stereocenters. The van der Waals surface area contributed by atoms with Crippen LogP contribution >= 0.6 is 11.3 Å². The van der Waals surface area contributed by atoms with E-state index in [2.05, 4.69) is 10.3 Å². The fourth-order valence-electron chi connectivity index (χ4n) is 1.45. The first-order valence-corrected chi connectivity index (χ1v) is 5.85. The van der Waals surface area contributed by atoms with Gasteiger partial charge in [0.15, 0.2) is 0 Å². The van der Waals surface area contributed by atoms with Crippen molar-refractivity contribution in [2.45, 2.75) is 13.5 Å². The molecular formula is C11H12N2O2S. The molecule has 0 saturated heterocycles. The van der Waals surface area contributed by atoms with Crippen LogP contribution in [0.3, 0.4) is 0 Å². The summed E-state index contributed by atoms with van der Waals surface area (Å²) >= 11 is 1.56. The van der Waals surface area contributed by atoms with Crippen molar-refractivity contribution in [3.8, 4) is 5.75 Å². The molecular weight excluding hydrogens is 224 g/mol. The monoisotopic (exact) mass is 236 g/mol. The molecule has 1 amide bonds. The van der Waals surface area contributed by atoms with Gasteiger partial charge >= 0.3 is 0 Å². The molecule has 0 unspecified atom stereocenters. The number of rotatable bonds is 5. The highest BCUT2D eigenvalue weighted by atomic mass is 32.1. The maximum Gasteiger partial charge on any atom is 0.207 e. The Hall–Kier alpha value is -1.62. The largest absolute Gasteiger partial charge is 0.492 e. The van der Waals surface area contributed by atoms with Crippen LogP contribution in [0.5, 0.6) is 5.75 Å². The second kappa shape index (κ2) is 4.94. The first kappa shape index (κ1) is 10.9. The van der Waals surface area contributed by atoms with Crippen molar-refractivity contribution in [3.05, 3.63) is 23.2 Å². The van der Waals surface area contributed by atoms with Gasteiger partial charge in [-0.1, -0.05) is 6.07 Å². The molecule has 0 fully saturated rings. The van der Waals surface area contributed by atoms with Crippen LogP contribution in [-0.2, 0) is 11.3 Å². The third-order valence-electron chi connectivity index (χ3n) is 2.06. The number of hydrogen-bond donors (Lipinski definition) is 1. The van der Waals surface area contributed by atoms with Gasteiger partial charge in [0.05, 0.1) is 17.9 Å². The summed E-state index contributed by atoms with van der Waals surface area (Å²) in [5, 5.41) is 3.49. The van der Waals surface area contributed by atoms with Crippen molar-refractivity contribution in [2.24, 2.45) is 0 Å². The topological polar surface area (TPSA) is 51.2 Å². The van der Waals surface area contributed by atoms with Gasteiger partial charge in [0.2, 0.25) is 6.41 Å². The number of nitrogens with zero attached hydrogens (tertiary/aromatic N) is 1. The van der Waals surface area contributed by atoms with E-state index >= 15 is 0 Å². The van der Waals surface area contributed by atoms with Crippen LogP contribution in [0.25, 0.3) is 10.2 Å². The van der Waals surface area contributed by atoms with Crippen LogP contribution in [0, 0.1) is 0 Å². The van der Waals surface area contributed by atoms with Crippen molar-refractivity contribution in [1.82, 2.24) is 10.3 Å². The Labute approximate surface area is 97.3 Å². The number of nitrogens with one attached hydrogen (secondary N) is 1. The van der Waals surface area contributed by atoms with Gasteiger partial charge in [-0.05, 0) is 19.1 Å². The molecule has 0 radical (unpaired) electrons. The van der Waals surface area contributed by atoms with Crippen LogP contribution < -0.4 is 10.1 Å². The molecule has 16 heavy (non-hydrogen) atoms. The number of fused-ring (bicyclic) bond motifs is 1. The molecule has 0 aliphatic heterocycles. The second-order valence-electron chi connectivity index (χ2n) is 3.14. The molecule has 0 bridgehead atoms. The van der Waals surface area contributed by atoms with Gasteiger partial charge in [-0.3, -0.25) is 4.79 Å². The van der Waals surface area contributed by atoms with Crippen LogP contribution in [0.15, 0.2) is 18.2 Å². The van der Waals surface area contributed by atoms with Crippen LogP contribution in [-0.4, -0.2) is 18.0 Å². The maximum atomic E-state index is 10.2. The Morgan fingerprint density at radius 2 is 2.44 bits per heavy atom. The molecule has 0 saturated carbocycles. The van der Waals surface area contributed by atoms with E-state index in [-0.39, 0.29) is 0 Å². The molecule has 0 spiro atoms. The lowest BCUT2D eigenvalue weighted by atomic mass is 10.3. The van der Waals surface area contributed by atoms with Gasteiger partial charge < -0.3 is 10.1 Å². The van der Waals surface area contributed by atoms with E-state index in [9.17, 15) is 4.79 Å². The van der Waals surface area contributed by atoms with E-state index in [1.165, 1.54) is 0 Å². The third-order valence-corrected chi connectivity index (χ3v) is 3.08. The fourth-order valence-corrected chi connectivity index (χ4v) is 2.38. The van der Waals surface area contributed by atoms with Crippen molar-refractivity contribution in [2.75, 3.05) is 6.61 Å². The minimum atomic E-state index is 0.467. The highest BCUT2D eigenvalue weighted by Gasteiger charge is 2.07. The Bertz CT molecular complexity index is 496. The average Bonchev–Trinajstić information content (AvgIpc) is 2.70. The third kappa shape index (κ3) is 2.14. The minimum absolute atomic E-state index is 0.467. The molecule has 1 N–H and O–H groups in total. The summed E-state index contributed by atoms with van der Waals surface area (Å²) in [5.41, 5.74) is 0.872. The number of ether oxygens (including phenoxy) is 1. The standard InChI is InChI=1S/C11H12N2O2S/c1-2-15-8-4-3-5-9-11(8)13-10(16-9)6-12-7-14/h3-5,7H,2,6H2,1H3,(H,12,14). The number of para-hydroxylation sites is 1. The lowest BCUT2D eigenvalue weighted by molar-refractivity contribution is -0.109. The molecule has 1 aromatic heterocycles. The van der Waals surface area contributed by atoms with Crippen molar-refractivity contribution in [1.29, 1.82) is 0 Å². The zero-order valence-electron chi connectivity index (χ0n) is 8.90. The summed E-state index contributed by atoms with van der Waals surface area (Å²) in [6.45, 7) is 3.03. The highest BCUT2D eigenvalue weighted by Crippen LogP contribution is 2.29. The summed E-state index contributed by atoms with van der Waals surface area (Å²) in [7, 11) is 0. The molecule has 2 rings (SSSR count). The van der Waals surface area contributed by atoms with Crippen molar-refractivity contribution >= 4 is 28.0 Å². The molecule has 5 heteroatoms. The van der Waals surface area contributed by atoms with Gasteiger partial charge in [0, 0.05) is 0 Å². The average molecular weight is 236 g/mol. The Morgan fingerprint density at radius 3 is 3.19 bits per heavy atom. The summed E-state index contributed by atoms with van der Waals surface area (Å²) in [4.78, 5) is 14.6. The predicted molar refractivity (Wildman–Crippen MR) is 63.7 cm³/mol. The fraction of sp³-hybridized carbons (Fsp3) is 0.273. The number of benzene rings is 1. The molecule has 1 heterocycles. The van der Waals surface area contributed by atoms with Gasteiger partial charge in [-0.25, -0.2) is 4.98 Å². The smallest absolute Gasteiger partial charge is 0.207 e. The number of hydrogen-bond acceptors (Lipinski definition) is 4. The van der Waals surface area contributed by atoms with Gasteiger partial charge in [-0.2, -0.15) is 0 Å². The Morgan fingerprint density at radius 1 is 1.56 bits per heavy atom. The zero-order valence-corrected chi connectivity index (χ0v) is 9.71. The van der Waals surface area contributed by atoms with Gasteiger partial charge in [-0.15, -0.1) is 11.3 Å². The van der Waals surface area contributed by atoms with E-state index in [1.54, 1.807) is 11.3 Å². The predicted octanol–water partition coefficient (Wildman–Crippen LogP) is 1.94. The lowest BCUT2D eigenvalue weighted by Gasteiger charge is -2.01. The molecule has 2 aromatic rings. The normalized spacial score (nSPS) is 10.3. The summed E-state index contributed by atoms with van der Waals surface area (Å²) in [6.07, 6.45) is 0.676. The van der Waals surface area contributed by atoms with E-state index < -0.39 is 0 Å². The van der Waals surface area contributed by atoms with E-state index in [4.69, 9.17) is 4.74 Å². The SMILES string of the molecule is CCOc1cccc2sc(CNC=O)nc12. The molecule has 4 nitrogen and oxygen atoms in total. The summed E-state index contributed by atoms with van der Waals surface area (Å²) < 4.78 is 6.57. The zero-order chi connectivity index (χ0) is 11.4. The Balaban J connectivity index is 2.36. The van der Waals surface area contributed by atoms with Gasteiger partial charge in [0.25, 0.3) is 0 Å². The van der Waals surface area contributed by atoms with Crippen molar-refractivity contribution in [3.63, 3.8) is 0 Å². The van der Waals surface area contributed by atoms with Crippen LogP contribution in [0.4, 0.5) is 0 Å². The number of carbonyl (C=O) groups is 1. The van der Waals surface area contributed by atoms with E-state index in [0.29, 0.717) is 19.6 Å². The highest BCUT2D eigenvalue weighted by molar-refractivity contribution is 7.18. The first-order chi connectivity index (χ1) is 7.85. The first-order valence-electron chi connectivity index (χ1n) is 5.03. The van der Waals surface area contributed by atoms with Gasteiger partial charge in [0.1, 0.15) is 16.3 Å². The van der Waals surface area contributed by atoms with E-state index in [0.717, 1.165) is 21.0 Å². The van der Waals surface area contributed by atoms with Crippen LogP contribution in [0.2, 0.25) is 0 Å². The molecule has 0 aliphatic rings. The molecule has 0 aliphatic carbocycles. The molecule has 84 valence electrons. The second-order valence-corrected chi connectivity index (χ2v) is 4.26. The Kier molecular flexibility index (Phi) is 3.36. The van der Waals surface area contributed by atoms with Crippen molar-refractivity contribution < 1.29 is 9.53 Å². The number of amides is 1. The maximum absolute atomic E-state index is 10.2. The molecule has 1 aromatic carbocycles. The quantitative estimate of drug-likeness (QED) is 0.807.